The minimum atomic E-state index is -3.24. The van der Waals surface area contributed by atoms with E-state index in [-0.39, 0.29) is 5.75 Å². The number of benzene rings is 2. The molecule has 0 aliphatic carbocycles. The lowest BCUT2D eigenvalue weighted by Crippen LogP contribution is -2.28. The third-order valence-electron chi connectivity index (χ3n) is 6.01. The van der Waals surface area contributed by atoms with Gasteiger partial charge in [0.15, 0.2) is 9.84 Å². The summed E-state index contributed by atoms with van der Waals surface area (Å²) in [6.07, 6.45) is 5.33. The average Bonchev–Trinajstić information content (AvgIpc) is 3.27. The highest BCUT2D eigenvalue weighted by molar-refractivity contribution is 7.91. The van der Waals surface area contributed by atoms with Gasteiger partial charge in [-0.25, -0.2) is 18.0 Å². The van der Waals surface area contributed by atoms with E-state index >= 15 is 0 Å². The molecular formula is C27H35NO7S. The highest BCUT2D eigenvalue weighted by Crippen LogP contribution is 2.23. The molecule has 1 heterocycles. The normalized spacial score (nSPS) is 16.0. The molecule has 2 aromatic rings. The smallest absolute Gasteiger partial charge is 0.328 e. The molecule has 0 unspecified atom stereocenters. The number of carboxylic acids is 2. The molecule has 0 amide bonds. The summed E-state index contributed by atoms with van der Waals surface area (Å²) in [5.41, 5.74) is 3.50. The Morgan fingerprint density at radius 3 is 2.03 bits per heavy atom. The fraction of sp³-hybridized carbons (Fsp3) is 0.407. The van der Waals surface area contributed by atoms with E-state index in [0.717, 1.165) is 24.1 Å². The monoisotopic (exact) mass is 517 g/mol. The van der Waals surface area contributed by atoms with Gasteiger partial charge in [-0.3, -0.25) is 0 Å². The topological polar surface area (TPSA) is 121 Å². The number of hydrogen-bond donors (Lipinski definition) is 2. The number of rotatable bonds is 11. The first-order valence-corrected chi connectivity index (χ1v) is 13.6. The largest absolute Gasteiger partial charge is 0.478 e. The van der Waals surface area contributed by atoms with E-state index in [9.17, 15) is 18.0 Å². The number of aliphatic carboxylic acids is 2. The molecule has 9 heteroatoms. The highest BCUT2D eigenvalue weighted by Gasteiger charge is 2.19. The maximum atomic E-state index is 12.3. The Morgan fingerprint density at radius 1 is 1.00 bits per heavy atom. The summed E-state index contributed by atoms with van der Waals surface area (Å²) in [6, 6.07) is 16.5. The molecule has 1 fully saturated rings. The zero-order valence-electron chi connectivity index (χ0n) is 20.8. The summed E-state index contributed by atoms with van der Waals surface area (Å²) in [6.45, 7) is 5.12. The van der Waals surface area contributed by atoms with Crippen molar-refractivity contribution in [3.05, 3.63) is 66.2 Å². The molecule has 1 aliphatic heterocycles. The quantitative estimate of drug-likeness (QED) is 0.340. The van der Waals surface area contributed by atoms with Gasteiger partial charge < -0.3 is 19.8 Å². The lowest BCUT2D eigenvalue weighted by Gasteiger charge is -2.20. The Kier molecular flexibility index (Phi) is 11.8. The van der Waals surface area contributed by atoms with Crippen molar-refractivity contribution in [1.82, 2.24) is 4.90 Å². The molecule has 1 aliphatic rings. The Balaban J connectivity index is 0.000000493. The molecule has 36 heavy (non-hydrogen) atoms. The van der Waals surface area contributed by atoms with Crippen LogP contribution < -0.4 is 0 Å². The van der Waals surface area contributed by atoms with Gasteiger partial charge in [0.2, 0.25) is 0 Å². The third kappa shape index (κ3) is 9.93. The molecule has 1 saturated heterocycles. The SMILES string of the molecule is COCCCS(=O)(=O)c1ccc(-c2ccc(CCN3CCC[C@H]3C)cc2)cc1.O=C(O)C=CC(=O)O. The first kappa shape index (κ1) is 29.2. The summed E-state index contributed by atoms with van der Waals surface area (Å²) >= 11 is 0. The van der Waals surface area contributed by atoms with E-state index in [1.54, 1.807) is 19.2 Å². The zero-order valence-corrected chi connectivity index (χ0v) is 21.6. The number of carbonyl (C=O) groups is 2. The maximum Gasteiger partial charge on any atom is 0.328 e. The molecular weight excluding hydrogens is 482 g/mol. The lowest BCUT2D eigenvalue weighted by atomic mass is 10.0. The van der Waals surface area contributed by atoms with Crippen molar-refractivity contribution >= 4 is 21.8 Å². The molecule has 196 valence electrons. The summed E-state index contributed by atoms with van der Waals surface area (Å²) < 4.78 is 29.6. The number of carboxylic acid groups (broad SMARTS) is 2. The fourth-order valence-corrected chi connectivity index (χ4v) is 5.25. The van der Waals surface area contributed by atoms with Gasteiger partial charge in [0.25, 0.3) is 0 Å². The standard InChI is InChI=1S/C23H31NO3S.C4H4O4/c1-19-5-3-15-24(19)16-14-20-6-8-21(9-7-20)22-10-12-23(13-11-22)28(25,26)18-4-17-27-2;5-3(6)1-2-4(7)8/h6-13,19H,3-5,14-18H2,1-2H3;1-2H,(H,5,6)(H,7,8)/t19-;/m1./s1. The molecule has 2 N–H and O–H groups in total. The molecule has 3 rings (SSSR count). The van der Waals surface area contributed by atoms with Gasteiger partial charge in [-0.1, -0.05) is 36.4 Å². The molecule has 0 spiro atoms. The predicted octanol–water partition coefficient (Wildman–Crippen LogP) is 3.90. The van der Waals surface area contributed by atoms with Crippen LogP contribution >= 0.6 is 0 Å². The summed E-state index contributed by atoms with van der Waals surface area (Å²) in [7, 11) is -1.66. The van der Waals surface area contributed by atoms with Crippen molar-refractivity contribution in [3.63, 3.8) is 0 Å². The minimum Gasteiger partial charge on any atom is -0.478 e. The van der Waals surface area contributed by atoms with Gasteiger partial charge in [-0.15, -0.1) is 0 Å². The van der Waals surface area contributed by atoms with Crippen molar-refractivity contribution in [1.29, 1.82) is 0 Å². The van der Waals surface area contributed by atoms with Crippen LogP contribution in [0.15, 0.2) is 65.6 Å². The zero-order chi connectivity index (χ0) is 26.6. The van der Waals surface area contributed by atoms with Gasteiger partial charge in [0, 0.05) is 38.5 Å². The Labute approximate surface area is 213 Å². The van der Waals surface area contributed by atoms with Gasteiger partial charge >= 0.3 is 11.9 Å². The van der Waals surface area contributed by atoms with Crippen molar-refractivity contribution in [2.75, 3.05) is 32.6 Å². The van der Waals surface area contributed by atoms with E-state index in [4.69, 9.17) is 14.9 Å². The summed E-state index contributed by atoms with van der Waals surface area (Å²) in [5.74, 6) is -2.40. The summed E-state index contributed by atoms with van der Waals surface area (Å²) in [5, 5.41) is 15.6. The minimum absolute atomic E-state index is 0.116. The Hall–Kier alpha value is -3.01. The van der Waals surface area contributed by atoms with Crippen molar-refractivity contribution in [3.8, 4) is 11.1 Å². The third-order valence-corrected chi connectivity index (χ3v) is 7.83. The number of hydrogen-bond acceptors (Lipinski definition) is 6. The Morgan fingerprint density at radius 2 is 1.56 bits per heavy atom. The van der Waals surface area contributed by atoms with Crippen LogP contribution in [0, 0.1) is 0 Å². The van der Waals surface area contributed by atoms with Crippen molar-refractivity contribution in [2.45, 2.75) is 43.5 Å². The van der Waals surface area contributed by atoms with Crippen molar-refractivity contribution < 1.29 is 33.0 Å². The van der Waals surface area contributed by atoms with Crippen LogP contribution in [0.4, 0.5) is 0 Å². The fourth-order valence-electron chi connectivity index (χ4n) is 3.97. The highest BCUT2D eigenvalue weighted by atomic mass is 32.2. The van der Waals surface area contributed by atoms with Crippen molar-refractivity contribution in [2.24, 2.45) is 0 Å². The molecule has 2 aromatic carbocycles. The van der Waals surface area contributed by atoms with Gasteiger partial charge in [0.1, 0.15) is 0 Å². The van der Waals surface area contributed by atoms with E-state index in [0.29, 0.717) is 36.1 Å². The van der Waals surface area contributed by atoms with Crippen LogP contribution in [0.5, 0.6) is 0 Å². The van der Waals surface area contributed by atoms with Crippen LogP contribution in [-0.4, -0.2) is 74.1 Å². The second kappa shape index (κ2) is 14.5. The first-order valence-electron chi connectivity index (χ1n) is 11.9. The van der Waals surface area contributed by atoms with Crippen LogP contribution in [0.1, 0.15) is 31.7 Å². The maximum absolute atomic E-state index is 12.3. The van der Waals surface area contributed by atoms with Gasteiger partial charge in [-0.2, -0.15) is 0 Å². The number of sulfone groups is 1. The van der Waals surface area contributed by atoms with E-state index in [2.05, 4.69) is 36.1 Å². The van der Waals surface area contributed by atoms with Crippen LogP contribution in [0.25, 0.3) is 11.1 Å². The molecule has 0 bridgehead atoms. The van der Waals surface area contributed by atoms with E-state index in [1.165, 1.54) is 24.9 Å². The molecule has 1 atom stereocenters. The second-order valence-electron chi connectivity index (χ2n) is 8.67. The number of ether oxygens (including phenoxy) is 1. The summed E-state index contributed by atoms with van der Waals surface area (Å²) in [4.78, 5) is 22.1. The van der Waals surface area contributed by atoms with Crippen LogP contribution in [-0.2, 0) is 30.6 Å². The number of methoxy groups -OCH3 is 1. The molecule has 0 aromatic heterocycles. The average molecular weight is 518 g/mol. The van der Waals surface area contributed by atoms with E-state index in [1.807, 2.05) is 12.1 Å². The Bertz CT molecular complexity index is 1090. The van der Waals surface area contributed by atoms with Gasteiger partial charge in [0.05, 0.1) is 10.6 Å². The molecule has 0 radical (unpaired) electrons. The van der Waals surface area contributed by atoms with Gasteiger partial charge in [-0.05, 0) is 68.0 Å². The predicted molar refractivity (Wildman–Crippen MR) is 139 cm³/mol. The lowest BCUT2D eigenvalue weighted by molar-refractivity contribution is -0.134. The molecule has 0 saturated carbocycles. The second-order valence-corrected chi connectivity index (χ2v) is 10.8. The first-order chi connectivity index (χ1) is 17.1. The van der Waals surface area contributed by atoms with E-state index < -0.39 is 21.8 Å². The molecule has 8 nitrogen and oxygen atoms in total. The van der Waals surface area contributed by atoms with Crippen LogP contribution in [0.2, 0.25) is 0 Å². The number of nitrogens with zero attached hydrogens (tertiary/aromatic N) is 1. The van der Waals surface area contributed by atoms with Crippen LogP contribution in [0.3, 0.4) is 0 Å². The number of likely N-dealkylation sites (tertiary alicyclic amines) is 1.